The van der Waals surface area contributed by atoms with E-state index in [0.29, 0.717) is 11.1 Å². The summed E-state index contributed by atoms with van der Waals surface area (Å²) in [5.41, 5.74) is -0.993. The zero-order valence-corrected chi connectivity index (χ0v) is 15.8. The second-order valence-corrected chi connectivity index (χ2v) is 6.42. The van der Waals surface area contributed by atoms with Gasteiger partial charge in [-0.1, -0.05) is 72.3 Å². The van der Waals surface area contributed by atoms with Crippen molar-refractivity contribution in [3.05, 3.63) is 105 Å². The van der Waals surface area contributed by atoms with E-state index in [9.17, 15) is 14.9 Å². The van der Waals surface area contributed by atoms with E-state index in [0.717, 1.165) is 0 Å². The molecular formula is C21H17ClN2O4. The van der Waals surface area contributed by atoms with Gasteiger partial charge < -0.3 is 4.74 Å². The van der Waals surface area contributed by atoms with Gasteiger partial charge in [-0.2, -0.15) is 0 Å². The predicted octanol–water partition coefficient (Wildman–Crippen LogP) is 4.54. The molecule has 0 aliphatic carbocycles. The Morgan fingerprint density at radius 1 is 1.11 bits per heavy atom. The van der Waals surface area contributed by atoms with E-state index in [1.54, 1.807) is 67.6 Å². The van der Waals surface area contributed by atoms with Crippen LogP contribution in [0.2, 0.25) is 5.02 Å². The number of carbonyl (C=O) groups excluding carboxylic acids is 1. The molecule has 0 fully saturated rings. The molecule has 0 atom stereocenters. The highest BCUT2D eigenvalue weighted by Gasteiger charge is 2.50. The Labute approximate surface area is 166 Å². The van der Waals surface area contributed by atoms with E-state index in [1.807, 2.05) is 0 Å². The minimum atomic E-state index is -1.62. The summed E-state index contributed by atoms with van der Waals surface area (Å²) >= 11 is 5.96. The third-order valence-corrected chi connectivity index (χ3v) is 4.59. The number of pyridine rings is 1. The van der Waals surface area contributed by atoms with Gasteiger partial charge in [0.25, 0.3) is 5.69 Å². The minimum Gasteiger partial charge on any atom is -0.465 e. The standard InChI is InChI=1S/C21H17ClN2O4/c1-2-28-20(25)21(15-9-5-3-6-10-15,16-11-7-4-8-12-16)19-18(24(26)27)13-17(22)14-23-19/h3-14H,2H2,1H3. The lowest BCUT2D eigenvalue weighted by Gasteiger charge is -2.31. The van der Waals surface area contributed by atoms with Crippen molar-refractivity contribution < 1.29 is 14.5 Å². The minimum absolute atomic E-state index is 0.0437. The number of halogens is 1. The largest absolute Gasteiger partial charge is 0.465 e. The lowest BCUT2D eigenvalue weighted by molar-refractivity contribution is -0.386. The monoisotopic (exact) mass is 396 g/mol. The highest BCUT2D eigenvalue weighted by Crippen LogP contribution is 2.43. The summed E-state index contributed by atoms with van der Waals surface area (Å²) in [7, 11) is 0. The van der Waals surface area contributed by atoms with Gasteiger partial charge in [0.2, 0.25) is 0 Å². The summed E-state index contributed by atoms with van der Waals surface area (Å²) in [4.78, 5) is 28.9. The van der Waals surface area contributed by atoms with Crippen LogP contribution in [0.15, 0.2) is 72.9 Å². The topological polar surface area (TPSA) is 82.3 Å². The van der Waals surface area contributed by atoms with Crippen molar-refractivity contribution in [2.24, 2.45) is 0 Å². The smallest absolute Gasteiger partial charge is 0.327 e. The fourth-order valence-electron chi connectivity index (χ4n) is 3.24. The number of ether oxygens (including phenoxy) is 1. The highest BCUT2D eigenvalue weighted by molar-refractivity contribution is 6.30. The fourth-order valence-corrected chi connectivity index (χ4v) is 3.40. The van der Waals surface area contributed by atoms with E-state index < -0.39 is 16.3 Å². The molecule has 0 saturated heterocycles. The summed E-state index contributed by atoms with van der Waals surface area (Å²) in [5.74, 6) is -0.648. The molecule has 7 heteroatoms. The maximum atomic E-state index is 13.4. The molecule has 0 spiro atoms. The molecule has 6 nitrogen and oxygen atoms in total. The van der Waals surface area contributed by atoms with Crippen molar-refractivity contribution >= 4 is 23.3 Å². The van der Waals surface area contributed by atoms with Crippen molar-refractivity contribution in [3.8, 4) is 0 Å². The van der Waals surface area contributed by atoms with Gasteiger partial charge in [0.1, 0.15) is 5.69 Å². The molecule has 0 radical (unpaired) electrons. The SMILES string of the molecule is CCOC(=O)C(c1ccccc1)(c1ccccc1)c1ncc(Cl)cc1[N+](=O)[O-]. The number of aromatic nitrogens is 1. The van der Waals surface area contributed by atoms with Crippen LogP contribution in [0.25, 0.3) is 0 Å². The maximum Gasteiger partial charge on any atom is 0.327 e. The summed E-state index contributed by atoms with van der Waals surface area (Å²) in [6.45, 7) is 1.80. The van der Waals surface area contributed by atoms with Crippen LogP contribution in [0.4, 0.5) is 5.69 Å². The van der Waals surface area contributed by atoms with Crippen LogP contribution < -0.4 is 0 Å². The van der Waals surface area contributed by atoms with E-state index in [2.05, 4.69) is 4.98 Å². The molecule has 0 bridgehead atoms. The van der Waals surface area contributed by atoms with Crippen molar-refractivity contribution in [1.29, 1.82) is 0 Å². The Morgan fingerprint density at radius 3 is 2.11 bits per heavy atom. The first-order chi connectivity index (χ1) is 13.5. The van der Waals surface area contributed by atoms with E-state index in [-0.39, 0.29) is 23.0 Å². The van der Waals surface area contributed by atoms with Gasteiger partial charge in [0, 0.05) is 12.3 Å². The quantitative estimate of drug-likeness (QED) is 0.347. The van der Waals surface area contributed by atoms with Crippen molar-refractivity contribution in [3.63, 3.8) is 0 Å². The molecule has 0 amide bonds. The molecule has 0 saturated carbocycles. The number of carbonyl (C=O) groups is 1. The normalized spacial score (nSPS) is 11.1. The van der Waals surface area contributed by atoms with Crippen LogP contribution >= 0.6 is 11.6 Å². The molecule has 0 aliphatic heterocycles. The van der Waals surface area contributed by atoms with Crippen molar-refractivity contribution in [1.82, 2.24) is 4.98 Å². The first-order valence-corrected chi connectivity index (χ1v) is 8.98. The van der Waals surface area contributed by atoms with Crippen molar-refractivity contribution in [2.75, 3.05) is 6.61 Å². The first-order valence-electron chi connectivity index (χ1n) is 8.60. The van der Waals surface area contributed by atoms with Crippen LogP contribution in [-0.2, 0) is 14.9 Å². The van der Waals surface area contributed by atoms with Gasteiger partial charge in [-0.25, -0.2) is 0 Å². The Balaban J connectivity index is 2.47. The molecule has 142 valence electrons. The van der Waals surface area contributed by atoms with Gasteiger partial charge in [-0.05, 0) is 18.1 Å². The third kappa shape index (κ3) is 3.34. The molecule has 1 aromatic heterocycles. The Bertz CT molecular complexity index is 954. The van der Waals surface area contributed by atoms with Crippen LogP contribution in [0, 0.1) is 10.1 Å². The Morgan fingerprint density at radius 2 is 1.64 bits per heavy atom. The number of nitro groups is 1. The van der Waals surface area contributed by atoms with E-state index in [4.69, 9.17) is 16.3 Å². The summed E-state index contributed by atoms with van der Waals surface area (Å²) in [6, 6.07) is 18.7. The Kier molecular flexibility index (Phi) is 5.70. The zero-order chi connectivity index (χ0) is 20.1. The number of hydrogen-bond donors (Lipinski definition) is 0. The number of hydrogen-bond acceptors (Lipinski definition) is 5. The molecule has 0 unspecified atom stereocenters. The van der Waals surface area contributed by atoms with Gasteiger partial charge in [-0.15, -0.1) is 0 Å². The Hall–Kier alpha value is -3.25. The summed E-state index contributed by atoms with van der Waals surface area (Å²) in [5, 5.41) is 11.9. The average Bonchev–Trinajstić information content (AvgIpc) is 2.71. The van der Waals surface area contributed by atoms with Crippen LogP contribution in [-0.4, -0.2) is 22.5 Å². The second kappa shape index (κ2) is 8.19. The summed E-state index contributed by atoms with van der Waals surface area (Å²) < 4.78 is 5.40. The van der Waals surface area contributed by atoms with Gasteiger partial charge >= 0.3 is 5.97 Å². The summed E-state index contributed by atoms with van der Waals surface area (Å²) in [6.07, 6.45) is 1.30. The first kappa shape index (κ1) is 19.5. The lowest BCUT2D eigenvalue weighted by atomic mass is 9.71. The molecule has 28 heavy (non-hydrogen) atoms. The highest BCUT2D eigenvalue weighted by atomic mass is 35.5. The molecule has 3 rings (SSSR count). The van der Waals surface area contributed by atoms with Gasteiger partial charge in [-0.3, -0.25) is 19.9 Å². The molecule has 2 aromatic carbocycles. The van der Waals surface area contributed by atoms with Crippen molar-refractivity contribution in [2.45, 2.75) is 12.3 Å². The maximum absolute atomic E-state index is 13.4. The van der Waals surface area contributed by atoms with Gasteiger partial charge in [0.05, 0.1) is 16.6 Å². The molecule has 1 heterocycles. The number of nitrogens with zero attached hydrogens (tertiary/aromatic N) is 2. The van der Waals surface area contributed by atoms with Gasteiger partial charge in [0.15, 0.2) is 5.41 Å². The predicted molar refractivity (Wildman–Crippen MR) is 105 cm³/mol. The second-order valence-electron chi connectivity index (χ2n) is 5.98. The average molecular weight is 397 g/mol. The van der Waals surface area contributed by atoms with Crippen LogP contribution in [0.1, 0.15) is 23.7 Å². The number of benzene rings is 2. The van der Waals surface area contributed by atoms with Crippen LogP contribution in [0.3, 0.4) is 0 Å². The molecule has 0 N–H and O–H groups in total. The van der Waals surface area contributed by atoms with E-state index >= 15 is 0 Å². The number of rotatable bonds is 6. The third-order valence-electron chi connectivity index (χ3n) is 4.38. The molecule has 3 aromatic rings. The molecular weight excluding hydrogens is 380 g/mol. The van der Waals surface area contributed by atoms with E-state index in [1.165, 1.54) is 12.3 Å². The lowest BCUT2D eigenvalue weighted by Crippen LogP contribution is -2.41. The zero-order valence-electron chi connectivity index (χ0n) is 15.0. The van der Waals surface area contributed by atoms with Crippen LogP contribution in [0.5, 0.6) is 0 Å². The number of esters is 1. The fraction of sp³-hybridized carbons (Fsp3) is 0.143. The molecule has 0 aliphatic rings.